The van der Waals surface area contributed by atoms with Crippen LogP contribution in [0.15, 0.2) is 12.4 Å². The Hall–Kier alpha value is -1.36. The van der Waals surface area contributed by atoms with Crippen molar-refractivity contribution in [3.05, 3.63) is 18.0 Å². The van der Waals surface area contributed by atoms with Gasteiger partial charge >= 0.3 is 5.97 Å². The monoisotopic (exact) mass is 265 g/mol. The molecule has 0 amide bonds. The summed E-state index contributed by atoms with van der Waals surface area (Å²) < 4.78 is 1.91. The molecule has 1 aromatic heterocycles. The molecule has 0 aliphatic heterocycles. The van der Waals surface area contributed by atoms with Crippen LogP contribution in [0.4, 0.5) is 0 Å². The minimum Gasteiger partial charge on any atom is -0.480 e. The van der Waals surface area contributed by atoms with Gasteiger partial charge in [0.1, 0.15) is 5.54 Å². The van der Waals surface area contributed by atoms with E-state index in [2.05, 4.69) is 31.2 Å². The Morgan fingerprint density at radius 3 is 2.58 bits per heavy atom. The molecule has 0 saturated heterocycles. The smallest absolute Gasteiger partial charge is 0.323 e. The van der Waals surface area contributed by atoms with Gasteiger partial charge in [-0.2, -0.15) is 5.10 Å². The average molecular weight is 265 g/mol. The lowest BCUT2D eigenvalue weighted by Gasteiger charge is -2.25. The largest absolute Gasteiger partial charge is 0.480 e. The van der Waals surface area contributed by atoms with Crippen LogP contribution in [0.1, 0.15) is 52.0 Å². The third-order valence-electron chi connectivity index (χ3n) is 3.82. The first kappa shape index (κ1) is 14.1. The Labute approximate surface area is 114 Å². The number of carboxylic acid groups (broad SMARTS) is 1. The molecule has 1 aliphatic rings. The maximum absolute atomic E-state index is 11.4. The highest BCUT2D eigenvalue weighted by Crippen LogP contribution is 2.30. The molecule has 0 aromatic carbocycles. The summed E-state index contributed by atoms with van der Waals surface area (Å²) in [5, 5.41) is 16.9. The second kappa shape index (κ2) is 4.96. The summed E-state index contributed by atoms with van der Waals surface area (Å²) in [5.74, 6) is -0.729. The number of carbonyl (C=O) groups is 1. The van der Waals surface area contributed by atoms with Gasteiger partial charge in [-0.25, -0.2) is 0 Å². The highest BCUT2D eigenvalue weighted by atomic mass is 16.4. The number of nitrogens with zero attached hydrogens (tertiary/aromatic N) is 2. The Morgan fingerprint density at radius 2 is 2.11 bits per heavy atom. The van der Waals surface area contributed by atoms with Crippen LogP contribution in [0.2, 0.25) is 0 Å². The van der Waals surface area contributed by atoms with Gasteiger partial charge < -0.3 is 5.11 Å². The minimum atomic E-state index is -0.732. The van der Waals surface area contributed by atoms with E-state index in [0.717, 1.165) is 31.2 Å². The second-order valence-corrected chi connectivity index (χ2v) is 6.41. The van der Waals surface area contributed by atoms with Gasteiger partial charge in [-0.05, 0) is 33.6 Å². The topological polar surface area (TPSA) is 67.2 Å². The Balaban J connectivity index is 2.02. The number of aliphatic carboxylic acids is 1. The zero-order valence-corrected chi connectivity index (χ0v) is 11.9. The van der Waals surface area contributed by atoms with Crippen LogP contribution >= 0.6 is 0 Å². The number of hydrogen-bond donors (Lipinski definition) is 2. The molecule has 0 unspecified atom stereocenters. The van der Waals surface area contributed by atoms with Crippen LogP contribution in [0.3, 0.4) is 0 Å². The predicted octanol–water partition coefficient (Wildman–Crippen LogP) is 2.13. The Bertz CT molecular complexity index is 454. The van der Waals surface area contributed by atoms with Gasteiger partial charge in [0, 0.05) is 18.3 Å². The molecule has 2 rings (SSSR count). The minimum absolute atomic E-state index is 0.0455. The molecule has 0 bridgehead atoms. The molecule has 0 radical (unpaired) electrons. The van der Waals surface area contributed by atoms with Crippen LogP contribution < -0.4 is 5.32 Å². The van der Waals surface area contributed by atoms with Crippen molar-refractivity contribution in [2.75, 3.05) is 0 Å². The molecule has 19 heavy (non-hydrogen) atoms. The normalized spacial score (nSPS) is 18.7. The van der Waals surface area contributed by atoms with E-state index in [1.807, 2.05) is 17.1 Å². The zero-order valence-electron chi connectivity index (χ0n) is 11.9. The fraction of sp³-hybridized carbons (Fsp3) is 0.714. The van der Waals surface area contributed by atoms with Gasteiger partial charge in [0.25, 0.3) is 0 Å². The molecular weight excluding hydrogens is 242 g/mol. The molecule has 1 saturated carbocycles. The van der Waals surface area contributed by atoms with Crippen molar-refractivity contribution in [1.82, 2.24) is 15.1 Å². The SMILES string of the molecule is CC(C)(C)n1cc(CNC2(C(=O)O)CCCC2)cn1. The number of nitrogens with one attached hydrogen (secondary N) is 1. The van der Waals surface area contributed by atoms with Gasteiger partial charge in [0.05, 0.1) is 11.7 Å². The lowest BCUT2D eigenvalue weighted by Crippen LogP contribution is -2.49. The van der Waals surface area contributed by atoms with Crippen molar-refractivity contribution in [2.24, 2.45) is 0 Å². The van der Waals surface area contributed by atoms with Crippen molar-refractivity contribution in [3.8, 4) is 0 Å². The number of aromatic nitrogens is 2. The summed E-state index contributed by atoms with van der Waals surface area (Å²) in [6.45, 7) is 6.83. The van der Waals surface area contributed by atoms with E-state index in [-0.39, 0.29) is 5.54 Å². The molecule has 1 heterocycles. The predicted molar refractivity (Wildman–Crippen MR) is 72.9 cm³/mol. The van der Waals surface area contributed by atoms with Crippen LogP contribution in [0.25, 0.3) is 0 Å². The third kappa shape index (κ3) is 2.97. The maximum Gasteiger partial charge on any atom is 0.323 e. The molecule has 1 aliphatic carbocycles. The van der Waals surface area contributed by atoms with E-state index in [0.29, 0.717) is 6.54 Å². The molecule has 5 heteroatoms. The Kier molecular flexibility index (Phi) is 3.67. The van der Waals surface area contributed by atoms with Crippen molar-refractivity contribution >= 4 is 5.97 Å². The van der Waals surface area contributed by atoms with E-state index in [1.165, 1.54) is 0 Å². The summed E-state index contributed by atoms with van der Waals surface area (Å²) in [5.41, 5.74) is 0.252. The maximum atomic E-state index is 11.4. The molecule has 1 fully saturated rings. The lowest BCUT2D eigenvalue weighted by atomic mass is 9.97. The summed E-state index contributed by atoms with van der Waals surface area (Å²) in [7, 11) is 0. The lowest BCUT2D eigenvalue weighted by molar-refractivity contribution is -0.144. The van der Waals surface area contributed by atoms with Crippen molar-refractivity contribution in [2.45, 2.75) is 64.1 Å². The molecule has 0 spiro atoms. The molecule has 5 nitrogen and oxygen atoms in total. The average Bonchev–Trinajstić information content (AvgIpc) is 2.96. The quantitative estimate of drug-likeness (QED) is 0.875. The second-order valence-electron chi connectivity index (χ2n) is 6.41. The van der Waals surface area contributed by atoms with Gasteiger partial charge in [-0.15, -0.1) is 0 Å². The van der Waals surface area contributed by atoms with Crippen molar-refractivity contribution in [3.63, 3.8) is 0 Å². The van der Waals surface area contributed by atoms with E-state index in [1.54, 1.807) is 0 Å². The van der Waals surface area contributed by atoms with Crippen LogP contribution in [0.5, 0.6) is 0 Å². The first-order chi connectivity index (χ1) is 8.83. The fourth-order valence-corrected chi connectivity index (χ4v) is 2.53. The molecule has 106 valence electrons. The highest BCUT2D eigenvalue weighted by Gasteiger charge is 2.40. The van der Waals surface area contributed by atoms with Crippen LogP contribution in [0, 0.1) is 0 Å². The van der Waals surface area contributed by atoms with Crippen molar-refractivity contribution in [1.29, 1.82) is 0 Å². The van der Waals surface area contributed by atoms with Gasteiger partial charge in [-0.1, -0.05) is 12.8 Å². The number of hydrogen-bond acceptors (Lipinski definition) is 3. The third-order valence-corrected chi connectivity index (χ3v) is 3.82. The first-order valence-electron chi connectivity index (χ1n) is 6.86. The summed E-state index contributed by atoms with van der Waals surface area (Å²) >= 11 is 0. The standard InChI is InChI=1S/C14H23N3O2/c1-13(2,3)17-10-11(9-16-17)8-15-14(12(18)19)6-4-5-7-14/h9-10,15H,4-8H2,1-3H3,(H,18,19). The van der Waals surface area contributed by atoms with Gasteiger partial charge in [0.15, 0.2) is 0 Å². The molecular formula is C14H23N3O2. The molecule has 2 N–H and O–H groups in total. The van der Waals surface area contributed by atoms with E-state index >= 15 is 0 Å². The zero-order chi connectivity index (χ0) is 14.1. The van der Waals surface area contributed by atoms with Gasteiger partial charge in [-0.3, -0.25) is 14.8 Å². The summed E-state index contributed by atoms with van der Waals surface area (Å²) in [6, 6.07) is 0. The molecule has 1 aromatic rings. The fourth-order valence-electron chi connectivity index (χ4n) is 2.53. The number of rotatable bonds is 4. The number of carboxylic acids is 1. The molecule has 0 atom stereocenters. The van der Waals surface area contributed by atoms with E-state index < -0.39 is 11.5 Å². The van der Waals surface area contributed by atoms with Crippen molar-refractivity contribution < 1.29 is 9.90 Å². The van der Waals surface area contributed by atoms with E-state index in [4.69, 9.17) is 0 Å². The van der Waals surface area contributed by atoms with Gasteiger partial charge in [0.2, 0.25) is 0 Å². The van der Waals surface area contributed by atoms with Crippen LogP contribution in [-0.4, -0.2) is 26.4 Å². The van der Waals surface area contributed by atoms with E-state index in [9.17, 15) is 9.90 Å². The highest BCUT2D eigenvalue weighted by molar-refractivity contribution is 5.79. The summed E-state index contributed by atoms with van der Waals surface area (Å²) in [4.78, 5) is 11.4. The summed E-state index contributed by atoms with van der Waals surface area (Å²) in [6.07, 6.45) is 7.20. The van der Waals surface area contributed by atoms with Crippen LogP contribution in [-0.2, 0) is 16.9 Å². The Morgan fingerprint density at radius 1 is 1.47 bits per heavy atom. The first-order valence-corrected chi connectivity index (χ1v) is 6.86.